The average molecular weight is 315 g/mol. The van der Waals surface area contributed by atoms with Crippen LogP contribution in [-0.2, 0) is 17.6 Å². The molecule has 1 saturated heterocycles. The quantitative estimate of drug-likeness (QED) is 0.847. The molecule has 3 rings (SSSR count). The molecule has 0 aliphatic carbocycles. The smallest absolute Gasteiger partial charge is 0.227 e. The van der Waals surface area contributed by atoms with Gasteiger partial charge in [-0.15, -0.1) is 11.3 Å². The van der Waals surface area contributed by atoms with E-state index in [1.807, 2.05) is 4.90 Å². The van der Waals surface area contributed by atoms with Crippen LogP contribution in [0.4, 0.5) is 0 Å². The fourth-order valence-electron chi connectivity index (χ4n) is 2.74. The summed E-state index contributed by atoms with van der Waals surface area (Å²) < 4.78 is 0. The number of piperazine rings is 1. The fraction of sp³-hybridized carbons (Fsp3) is 0.412. The van der Waals surface area contributed by atoms with Crippen molar-refractivity contribution in [2.45, 2.75) is 12.8 Å². The van der Waals surface area contributed by atoms with Gasteiger partial charge in [0.1, 0.15) is 0 Å². The third kappa shape index (κ3) is 4.15. The fourth-order valence-corrected chi connectivity index (χ4v) is 3.33. The van der Waals surface area contributed by atoms with E-state index in [2.05, 4.69) is 40.2 Å². The molecule has 1 aromatic carbocycles. The first-order chi connectivity index (χ1) is 10.8. The van der Waals surface area contributed by atoms with Gasteiger partial charge >= 0.3 is 0 Å². The minimum atomic E-state index is 0.229. The van der Waals surface area contributed by atoms with Gasteiger partial charge in [-0.05, 0) is 12.0 Å². The Hall–Kier alpha value is -1.72. The normalized spacial score (nSPS) is 15.9. The van der Waals surface area contributed by atoms with Crippen molar-refractivity contribution in [2.75, 3.05) is 32.7 Å². The first kappa shape index (κ1) is 15.2. The van der Waals surface area contributed by atoms with Gasteiger partial charge in [0, 0.05) is 43.8 Å². The lowest BCUT2D eigenvalue weighted by atomic mass is 10.1. The molecule has 0 saturated carbocycles. The number of rotatable bonds is 5. The number of carbonyl (C=O) groups is 1. The van der Waals surface area contributed by atoms with Crippen LogP contribution in [0.1, 0.15) is 10.4 Å². The Morgan fingerprint density at radius 3 is 2.59 bits per heavy atom. The Morgan fingerprint density at radius 2 is 1.91 bits per heavy atom. The maximum atomic E-state index is 12.2. The van der Waals surface area contributed by atoms with Crippen LogP contribution in [0.2, 0.25) is 0 Å². The van der Waals surface area contributed by atoms with Gasteiger partial charge in [0.05, 0.1) is 11.9 Å². The van der Waals surface area contributed by atoms with E-state index in [1.165, 1.54) is 5.56 Å². The predicted molar refractivity (Wildman–Crippen MR) is 89.0 cm³/mol. The highest BCUT2D eigenvalue weighted by Gasteiger charge is 2.21. The predicted octanol–water partition coefficient (Wildman–Crippen LogP) is 2.07. The van der Waals surface area contributed by atoms with Gasteiger partial charge < -0.3 is 4.90 Å². The van der Waals surface area contributed by atoms with Crippen molar-refractivity contribution >= 4 is 17.2 Å². The Morgan fingerprint density at radius 1 is 1.14 bits per heavy atom. The molecule has 2 heterocycles. The van der Waals surface area contributed by atoms with Crippen LogP contribution < -0.4 is 0 Å². The number of nitrogens with zero attached hydrogens (tertiary/aromatic N) is 3. The van der Waals surface area contributed by atoms with E-state index < -0.39 is 0 Å². The molecule has 0 radical (unpaired) electrons. The lowest BCUT2D eigenvalue weighted by Gasteiger charge is -2.34. The third-order valence-electron chi connectivity index (χ3n) is 4.09. The number of aromatic nitrogens is 1. The number of benzene rings is 1. The monoisotopic (exact) mass is 315 g/mol. The second-order valence-corrected chi connectivity index (χ2v) is 6.57. The summed E-state index contributed by atoms with van der Waals surface area (Å²) in [5, 5.41) is 0. The van der Waals surface area contributed by atoms with E-state index in [-0.39, 0.29) is 5.91 Å². The van der Waals surface area contributed by atoms with Crippen LogP contribution >= 0.6 is 11.3 Å². The molecule has 0 unspecified atom stereocenters. The van der Waals surface area contributed by atoms with Gasteiger partial charge in [0.25, 0.3) is 0 Å². The lowest BCUT2D eigenvalue weighted by molar-refractivity contribution is -0.132. The summed E-state index contributed by atoms with van der Waals surface area (Å²) in [6.45, 7) is 4.70. The van der Waals surface area contributed by atoms with E-state index in [0.29, 0.717) is 6.42 Å². The summed E-state index contributed by atoms with van der Waals surface area (Å²) in [6, 6.07) is 10.6. The number of carbonyl (C=O) groups excluding carboxylic acids is 1. The number of amides is 1. The van der Waals surface area contributed by atoms with Crippen molar-refractivity contribution < 1.29 is 4.79 Å². The zero-order valence-corrected chi connectivity index (χ0v) is 13.5. The summed E-state index contributed by atoms with van der Waals surface area (Å²) in [7, 11) is 0. The molecule has 116 valence electrons. The molecule has 0 bridgehead atoms. The van der Waals surface area contributed by atoms with E-state index >= 15 is 0 Å². The van der Waals surface area contributed by atoms with E-state index in [0.717, 1.165) is 44.0 Å². The van der Waals surface area contributed by atoms with Crippen molar-refractivity contribution in [3.8, 4) is 0 Å². The highest BCUT2D eigenvalue weighted by molar-refractivity contribution is 7.09. The SMILES string of the molecule is O=C(Cc1cncs1)N1CCN(CCc2ccccc2)CC1. The molecular formula is C17H21N3OS. The van der Waals surface area contributed by atoms with Crippen LogP contribution in [0.15, 0.2) is 42.0 Å². The first-order valence-electron chi connectivity index (χ1n) is 7.73. The van der Waals surface area contributed by atoms with Gasteiger partial charge in [-0.2, -0.15) is 0 Å². The second kappa shape index (κ2) is 7.51. The molecule has 22 heavy (non-hydrogen) atoms. The van der Waals surface area contributed by atoms with E-state index in [9.17, 15) is 4.79 Å². The molecule has 5 heteroatoms. The summed E-state index contributed by atoms with van der Waals surface area (Å²) in [5.74, 6) is 0.229. The molecule has 1 amide bonds. The summed E-state index contributed by atoms with van der Waals surface area (Å²) >= 11 is 1.55. The average Bonchev–Trinajstić information content (AvgIpc) is 3.07. The Bertz CT molecular complexity index is 577. The van der Waals surface area contributed by atoms with Crippen molar-refractivity contribution in [3.05, 3.63) is 52.5 Å². The molecule has 1 aromatic heterocycles. The highest BCUT2D eigenvalue weighted by atomic mass is 32.1. The number of thiazole rings is 1. The van der Waals surface area contributed by atoms with E-state index in [1.54, 1.807) is 23.0 Å². The Balaban J connectivity index is 1.41. The lowest BCUT2D eigenvalue weighted by Crippen LogP contribution is -2.49. The largest absolute Gasteiger partial charge is 0.340 e. The summed E-state index contributed by atoms with van der Waals surface area (Å²) in [6.07, 6.45) is 3.36. The van der Waals surface area contributed by atoms with Gasteiger partial charge in [0.2, 0.25) is 5.91 Å². The van der Waals surface area contributed by atoms with Gasteiger partial charge in [-0.3, -0.25) is 14.7 Å². The van der Waals surface area contributed by atoms with Gasteiger partial charge in [-0.25, -0.2) is 0 Å². The van der Waals surface area contributed by atoms with Crippen LogP contribution in [0.25, 0.3) is 0 Å². The topological polar surface area (TPSA) is 36.4 Å². The summed E-state index contributed by atoms with van der Waals surface area (Å²) in [5.41, 5.74) is 3.16. The van der Waals surface area contributed by atoms with Crippen LogP contribution in [0, 0.1) is 0 Å². The minimum Gasteiger partial charge on any atom is -0.340 e. The first-order valence-corrected chi connectivity index (χ1v) is 8.60. The highest BCUT2D eigenvalue weighted by Crippen LogP contribution is 2.11. The zero-order valence-electron chi connectivity index (χ0n) is 12.6. The molecule has 1 fully saturated rings. The third-order valence-corrected chi connectivity index (χ3v) is 4.87. The van der Waals surface area contributed by atoms with E-state index in [4.69, 9.17) is 0 Å². The molecule has 2 aromatic rings. The second-order valence-electron chi connectivity index (χ2n) is 5.60. The maximum Gasteiger partial charge on any atom is 0.227 e. The summed E-state index contributed by atoms with van der Waals surface area (Å²) in [4.78, 5) is 21.7. The Kier molecular flexibility index (Phi) is 5.19. The molecule has 0 N–H and O–H groups in total. The van der Waals surface area contributed by atoms with Crippen molar-refractivity contribution in [2.24, 2.45) is 0 Å². The maximum absolute atomic E-state index is 12.2. The molecule has 0 spiro atoms. The van der Waals surface area contributed by atoms with Crippen LogP contribution in [-0.4, -0.2) is 53.4 Å². The van der Waals surface area contributed by atoms with Crippen molar-refractivity contribution in [1.82, 2.24) is 14.8 Å². The van der Waals surface area contributed by atoms with Crippen LogP contribution in [0.5, 0.6) is 0 Å². The van der Waals surface area contributed by atoms with Crippen molar-refractivity contribution in [3.63, 3.8) is 0 Å². The molecule has 0 atom stereocenters. The van der Waals surface area contributed by atoms with Gasteiger partial charge in [0.15, 0.2) is 0 Å². The minimum absolute atomic E-state index is 0.229. The number of hydrogen-bond donors (Lipinski definition) is 0. The Labute approximate surface area is 135 Å². The standard InChI is InChI=1S/C17H21N3OS/c21-17(12-16-13-18-14-22-16)20-10-8-19(9-11-20)7-6-15-4-2-1-3-5-15/h1-5,13-14H,6-12H2. The zero-order chi connectivity index (χ0) is 15.2. The molecular weight excluding hydrogens is 294 g/mol. The molecule has 1 aliphatic heterocycles. The van der Waals surface area contributed by atoms with Crippen molar-refractivity contribution in [1.29, 1.82) is 0 Å². The molecule has 1 aliphatic rings. The molecule has 4 nitrogen and oxygen atoms in total. The van der Waals surface area contributed by atoms with Gasteiger partial charge in [-0.1, -0.05) is 30.3 Å². The number of hydrogen-bond acceptors (Lipinski definition) is 4. The van der Waals surface area contributed by atoms with Crippen LogP contribution in [0.3, 0.4) is 0 Å².